The lowest BCUT2D eigenvalue weighted by atomic mass is 10.0. The highest BCUT2D eigenvalue weighted by atomic mass is 19.1. The Labute approximate surface area is 144 Å². The first kappa shape index (κ1) is 16.8. The van der Waals surface area contributed by atoms with Gasteiger partial charge in [-0.3, -0.25) is 5.10 Å². The quantitative estimate of drug-likeness (QED) is 0.547. The molecule has 0 aliphatic carbocycles. The number of anilines is 1. The highest BCUT2D eigenvalue weighted by Gasteiger charge is 2.14. The van der Waals surface area contributed by atoms with Crippen molar-refractivity contribution >= 4 is 5.82 Å². The lowest BCUT2D eigenvalue weighted by Crippen LogP contribution is -2.28. The van der Waals surface area contributed by atoms with Gasteiger partial charge in [-0.05, 0) is 24.1 Å². The van der Waals surface area contributed by atoms with E-state index < -0.39 is 5.82 Å². The van der Waals surface area contributed by atoms with E-state index in [2.05, 4.69) is 25.5 Å². The lowest BCUT2D eigenvalue weighted by Gasteiger charge is -2.12. The van der Waals surface area contributed by atoms with Crippen LogP contribution in [-0.2, 0) is 0 Å². The maximum Gasteiger partial charge on any atom is 0.183 e. The van der Waals surface area contributed by atoms with E-state index in [1.807, 2.05) is 6.92 Å². The summed E-state index contributed by atoms with van der Waals surface area (Å²) in [5.41, 5.74) is 7.93. The van der Waals surface area contributed by atoms with Gasteiger partial charge in [0.2, 0.25) is 0 Å². The molecule has 0 unspecified atom stereocenters. The van der Waals surface area contributed by atoms with Crippen molar-refractivity contribution in [3.63, 3.8) is 0 Å². The molecule has 0 spiro atoms. The van der Waals surface area contributed by atoms with Gasteiger partial charge in [-0.15, -0.1) is 0 Å². The zero-order valence-corrected chi connectivity index (χ0v) is 13.7. The molecular weight excluding hydrogens is 323 g/mol. The number of H-pyrrole nitrogens is 1. The first-order valence-electron chi connectivity index (χ1n) is 7.93. The molecule has 3 aromatic rings. The van der Waals surface area contributed by atoms with Crippen LogP contribution in [0, 0.1) is 5.82 Å². The van der Waals surface area contributed by atoms with Gasteiger partial charge in [-0.25, -0.2) is 14.4 Å². The van der Waals surface area contributed by atoms with Gasteiger partial charge in [0.1, 0.15) is 5.75 Å². The van der Waals surface area contributed by atoms with Crippen molar-refractivity contribution < 1.29 is 9.50 Å². The highest BCUT2D eigenvalue weighted by molar-refractivity contribution is 5.74. The van der Waals surface area contributed by atoms with Gasteiger partial charge in [0.25, 0.3) is 0 Å². The Morgan fingerprint density at radius 1 is 1.32 bits per heavy atom. The van der Waals surface area contributed by atoms with E-state index in [-0.39, 0.29) is 23.4 Å². The van der Waals surface area contributed by atoms with E-state index in [0.717, 1.165) is 23.7 Å². The Bertz CT molecular complexity index is 852. The second-order valence-corrected chi connectivity index (χ2v) is 5.66. The molecule has 0 fully saturated rings. The zero-order chi connectivity index (χ0) is 17.8. The standard InChI is InChI=1S/C17H19FN6O/c1-2-12(19)8-20-17-14(18)9-21-16(24-17)13-5-10(3-4-15(13)25)11-6-22-23-7-11/h3-7,9,12,25H,2,8,19H2,1H3,(H,22,23)(H,20,21,24)/t12-/m0/s1. The summed E-state index contributed by atoms with van der Waals surface area (Å²) < 4.78 is 13.9. The number of nitrogens with zero attached hydrogens (tertiary/aromatic N) is 3. The smallest absolute Gasteiger partial charge is 0.183 e. The number of hydrogen-bond donors (Lipinski definition) is 4. The number of phenols is 1. The average Bonchev–Trinajstić information content (AvgIpc) is 3.16. The average molecular weight is 342 g/mol. The van der Waals surface area contributed by atoms with Gasteiger partial charge in [-0.2, -0.15) is 5.10 Å². The Hall–Kier alpha value is -3.00. The molecule has 7 nitrogen and oxygen atoms in total. The minimum atomic E-state index is -0.572. The van der Waals surface area contributed by atoms with Gasteiger partial charge >= 0.3 is 0 Å². The minimum Gasteiger partial charge on any atom is -0.507 e. The Morgan fingerprint density at radius 3 is 2.88 bits per heavy atom. The molecule has 0 aliphatic rings. The van der Waals surface area contributed by atoms with Crippen LogP contribution in [0.5, 0.6) is 5.75 Å². The third-order valence-electron chi connectivity index (χ3n) is 3.87. The van der Waals surface area contributed by atoms with E-state index in [4.69, 9.17) is 5.73 Å². The summed E-state index contributed by atoms with van der Waals surface area (Å²) in [5.74, 6) is -0.286. The van der Waals surface area contributed by atoms with E-state index in [9.17, 15) is 9.50 Å². The Balaban J connectivity index is 1.95. The van der Waals surface area contributed by atoms with Crippen LogP contribution in [0.3, 0.4) is 0 Å². The monoisotopic (exact) mass is 342 g/mol. The summed E-state index contributed by atoms with van der Waals surface area (Å²) in [5, 5.41) is 19.7. The molecule has 0 saturated heterocycles. The molecule has 0 amide bonds. The number of aromatic nitrogens is 4. The molecule has 2 aromatic heterocycles. The predicted molar refractivity (Wildman–Crippen MR) is 93.4 cm³/mol. The second kappa shape index (κ2) is 7.27. The highest BCUT2D eigenvalue weighted by Crippen LogP contribution is 2.32. The van der Waals surface area contributed by atoms with E-state index >= 15 is 0 Å². The lowest BCUT2D eigenvalue weighted by molar-refractivity contribution is 0.477. The molecule has 1 aromatic carbocycles. The predicted octanol–water partition coefficient (Wildman–Crippen LogP) is 2.53. The molecule has 8 heteroatoms. The molecule has 0 bridgehead atoms. The molecule has 0 radical (unpaired) electrons. The van der Waals surface area contributed by atoms with Gasteiger partial charge in [0.05, 0.1) is 18.0 Å². The van der Waals surface area contributed by atoms with Crippen molar-refractivity contribution in [1.29, 1.82) is 0 Å². The summed E-state index contributed by atoms with van der Waals surface area (Å²) in [6.07, 6.45) is 5.24. The fourth-order valence-corrected chi connectivity index (χ4v) is 2.30. The minimum absolute atomic E-state index is 0.00932. The number of phenolic OH excluding ortho intramolecular Hbond substituents is 1. The zero-order valence-electron chi connectivity index (χ0n) is 13.7. The van der Waals surface area contributed by atoms with Crippen molar-refractivity contribution in [2.45, 2.75) is 19.4 Å². The largest absolute Gasteiger partial charge is 0.507 e. The van der Waals surface area contributed by atoms with Crippen LogP contribution in [-0.4, -0.2) is 37.9 Å². The van der Waals surface area contributed by atoms with Crippen LogP contribution < -0.4 is 11.1 Å². The number of nitrogens with two attached hydrogens (primary N) is 1. The number of hydrogen-bond acceptors (Lipinski definition) is 6. The van der Waals surface area contributed by atoms with Crippen LogP contribution in [0.15, 0.2) is 36.8 Å². The molecule has 3 rings (SSSR count). The van der Waals surface area contributed by atoms with Crippen LogP contribution in [0.4, 0.5) is 10.2 Å². The van der Waals surface area contributed by atoms with Crippen LogP contribution >= 0.6 is 0 Å². The van der Waals surface area contributed by atoms with Crippen LogP contribution in [0.2, 0.25) is 0 Å². The van der Waals surface area contributed by atoms with Gasteiger partial charge in [-0.1, -0.05) is 13.0 Å². The molecule has 0 aliphatic heterocycles. The third-order valence-corrected chi connectivity index (χ3v) is 3.87. The van der Waals surface area contributed by atoms with Gasteiger partial charge in [0, 0.05) is 24.3 Å². The first-order valence-corrected chi connectivity index (χ1v) is 7.93. The van der Waals surface area contributed by atoms with Crippen molar-refractivity contribution in [2.24, 2.45) is 5.73 Å². The molecular formula is C17H19FN6O. The third kappa shape index (κ3) is 3.74. The maximum atomic E-state index is 13.9. The number of aromatic hydroxyl groups is 1. The Kier molecular flexibility index (Phi) is 4.90. The normalized spacial score (nSPS) is 12.1. The fourth-order valence-electron chi connectivity index (χ4n) is 2.30. The number of aromatic amines is 1. The number of benzene rings is 1. The second-order valence-electron chi connectivity index (χ2n) is 5.66. The van der Waals surface area contributed by atoms with E-state index in [1.165, 1.54) is 0 Å². The van der Waals surface area contributed by atoms with E-state index in [0.29, 0.717) is 12.1 Å². The Morgan fingerprint density at radius 2 is 2.16 bits per heavy atom. The van der Waals surface area contributed by atoms with Gasteiger partial charge < -0.3 is 16.2 Å². The number of rotatable bonds is 6. The van der Waals surface area contributed by atoms with Crippen LogP contribution in [0.25, 0.3) is 22.5 Å². The molecule has 2 heterocycles. The molecule has 1 atom stereocenters. The summed E-state index contributed by atoms with van der Waals surface area (Å²) in [4.78, 5) is 8.19. The maximum absolute atomic E-state index is 13.9. The number of nitrogens with one attached hydrogen (secondary N) is 2. The molecule has 0 saturated carbocycles. The summed E-state index contributed by atoms with van der Waals surface area (Å²) in [6.45, 7) is 2.35. The van der Waals surface area contributed by atoms with Gasteiger partial charge in [0.15, 0.2) is 17.5 Å². The summed E-state index contributed by atoms with van der Waals surface area (Å²) in [7, 11) is 0. The SMILES string of the molecule is CC[C@H](N)CNc1nc(-c2cc(-c3cn[nH]c3)ccc2O)ncc1F. The van der Waals surface area contributed by atoms with E-state index in [1.54, 1.807) is 30.6 Å². The molecule has 130 valence electrons. The topological polar surface area (TPSA) is 113 Å². The molecule has 25 heavy (non-hydrogen) atoms. The van der Waals surface area contributed by atoms with Crippen molar-refractivity contribution in [3.8, 4) is 28.3 Å². The molecule has 5 N–H and O–H groups in total. The van der Waals surface area contributed by atoms with Crippen molar-refractivity contribution in [2.75, 3.05) is 11.9 Å². The van der Waals surface area contributed by atoms with Crippen molar-refractivity contribution in [3.05, 3.63) is 42.6 Å². The first-order chi connectivity index (χ1) is 12.1. The number of halogens is 1. The van der Waals surface area contributed by atoms with Crippen LogP contribution in [0.1, 0.15) is 13.3 Å². The fraction of sp³-hybridized carbons (Fsp3) is 0.235. The van der Waals surface area contributed by atoms with Crippen molar-refractivity contribution in [1.82, 2.24) is 20.2 Å². The summed E-state index contributed by atoms with van der Waals surface area (Å²) >= 11 is 0. The summed E-state index contributed by atoms with van der Waals surface area (Å²) in [6, 6.07) is 4.93.